The van der Waals surface area contributed by atoms with Crippen molar-refractivity contribution in [1.82, 2.24) is 9.88 Å². The molecule has 0 aliphatic heterocycles. The lowest BCUT2D eigenvalue weighted by Crippen LogP contribution is -2.33. The number of halogens is 4. The molecule has 11 heteroatoms. The minimum Gasteiger partial charge on any atom is -0.358 e. The molecule has 0 unspecified atom stereocenters. The molecule has 0 aliphatic carbocycles. The van der Waals surface area contributed by atoms with Gasteiger partial charge in [0.1, 0.15) is 11.7 Å². The number of amides is 1. The molecule has 1 aromatic heterocycles. The Morgan fingerprint density at radius 3 is 2.78 bits per heavy atom. The highest BCUT2D eigenvalue weighted by atomic mass is 35.5. The molecule has 0 fully saturated rings. The SMILES string of the molecule is N#CCN(C(=O)CCSCCC(F)(F)F)/C(=C/Nc1cccnc1)C(=N)Cl. The number of thioether (sulfide) groups is 1. The van der Waals surface area contributed by atoms with Gasteiger partial charge in [0, 0.05) is 30.3 Å². The number of hydrogen-bond donors (Lipinski definition) is 2. The number of carbonyl (C=O) groups excluding carboxylic acids is 1. The normalized spacial score (nSPS) is 11.6. The number of carbonyl (C=O) groups is 1. The summed E-state index contributed by atoms with van der Waals surface area (Å²) in [5.41, 5.74) is 0.562. The van der Waals surface area contributed by atoms with Crippen molar-refractivity contribution in [2.45, 2.75) is 19.0 Å². The van der Waals surface area contributed by atoms with Crippen molar-refractivity contribution in [3.05, 3.63) is 36.4 Å². The van der Waals surface area contributed by atoms with Gasteiger partial charge in [-0.3, -0.25) is 20.1 Å². The van der Waals surface area contributed by atoms with E-state index < -0.39 is 23.7 Å². The van der Waals surface area contributed by atoms with Gasteiger partial charge >= 0.3 is 6.18 Å². The molecular formula is C16H17ClF3N5OS. The second kappa shape index (κ2) is 11.5. The number of alkyl halides is 3. The van der Waals surface area contributed by atoms with Crippen molar-refractivity contribution < 1.29 is 18.0 Å². The van der Waals surface area contributed by atoms with Crippen LogP contribution in [0.4, 0.5) is 18.9 Å². The molecule has 27 heavy (non-hydrogen) atoms. The van der Waals surface area contributed by atoms with Crippen molar-refractivity contribution >= 4 is 40.1 Å². The third-order valence-electron chi connectivity index (χ3n) is 3.07. The van der Waals surface area contributed by atoms with Crippen LogP contribution in [0.25, 0.3) is 0 Å². The molecule has 2 N–H and O–H groups in total. The number of allylic oxidation sites excluding steroid dienone is 1. The highest BCUT2D eigenvalue weighted by molar-refractivity contribution is 7.99. The zero-order chi connectivity index (χ0) is 20.3. The molecule has 0 radical (unpaired) electrons. The maximum atomic E-state index is 12.4. The average molecular weight is 420 g/mol. The quantitative estimate of drug-likeness (QED) is 0.340. The van der Waals surface area contributed by atoms with Gasteiger partial charge in [-0.25, -0.2) is 0 Å². The number of pyridine rings is 1. The molecule has 0 bridgehead atoms. The number of nitrogens with zero attached hydrogens (tertiary/aromatic N) is 3. The van der Waals surface area contributed by atoms with Gasteiger partial charge in [0.25, 0.3) is 0 Å². The van der Waals surface area contributed by atoms with E-state index in [-0.39, 0.29) is 30.2 Å². The van der Waals surface area contributed by atoms with Crippen LogP contribution in [0.3, 0.4) is 0 Å². The van der Waals surface area contributed by atoms with Gasteiger partial charge in [0.05, 0.1) is 30.1 Å². The van der Waals surface area contributed by atoms with E-state index in [9.17, 15) is 18.0 Å². The fraction of sp³-hybridized carbons (Fsp3) is 0.375. The van der Waals surface area contributed by atoms with Gasteiger partial charge in [-0.1, -0.05) is 11.6 Å². The summed E-state index contributed by atoms with van der Waals surface area (Å²) in [5.74, 6) is -0.498. The van der Waals surface area contributed by atoms with E-state index in [1.54, 1.807) is 18.3 Å². The number of nitriles is 1. The molecule has 0 saturated heterocycles. The first kappa shape index (κ1) is 22.8. The smallest absolute Gasteiger partial charge is 0.358 e. The molecule has 0 saturated carbocycles. The zero-order valence-electron chi connectivity index (χ0n) is 14.1. The summed E-state index contributed by atoms with van der Waals surface area (Å²) in [6, 6.07) is 5.20. The molecular weight excluding hydrogens is 403 g/mol. The van der Waals surface area contributed by atoms with E-state index in [0.717, 1.165) is 16.7 Å². The topological polar surface area (TPSA) is 92.9 Å². The Balaban J connectivity index is 2.72. The van der Waals surface area contributed by atoms with E-state index in [4.69, 9.17) is 22.3 Å². The summed E-state index contributed by atoms with van der Waals surface area (Å²) in [6.45, 7) is -0.346. The van der Waals surface area contributed by atoms with E-state index in [1.807, 2.05) is 6.07 Å². The second-order valence-corrected chi connectivity index (χ2v) is 6.70. The number of rotatable bonds is 10. The molecule has 6 nitrogen and oxygen atoms in total. The molecule has 0 spiro atoms. The predicted molar refractivity (Wildman–Crippen MR) is 99.5 cm³/mol. The third-order valence-corrected chi connectivity index (χ3v) is 4.25. The van der Waals surface area contributed by atoms with E-state index in [1.165, 1.54) is 12.4 Å². The largest absolute Gasteiger partial charge is 0.389 e. The van der Waals surface area contributed by atoms with Crippen molar-refractivity contribution in [3.8, 4) is 6.07 Å². The lowest BCUT2D eigenvalue weighted by Gasteiger charge is -2.21. The van der Waals surface area contributed by atoms with E-state index in [0.29, 0.717) is 5.69 Å². The summed E-state index contributed by atoms with van der Waals surface area (Å²) in [4.78, 5) is 17.3. The third kappa shape index (κ3) is 9.30. The van der Waals surface area contributed by atoms with E-state index >= 15 is 0 Å². The number of hydrogen-bond acceptors (Lipinski definition) is 6. The summed E-state index contributed by atoms with van der Waals surface area (Å²) in [6.07, 6.45) is -0.857. The molecule has 1 rings (SSSR count). The van der Waals surface area contributed by atoms with Crippen molar-refractivity contribution in [1.29, 1.82) is 10.7 Å². The predicted octanol–water partition coefficient (Wildman–Crippen LogP) is 3.98. The Bertz CT molecular complexity index is 706. The van der Waals surface area contributed by atoms with Crippen LogP contribution in [0.2, 0.25) is 0 Å². The summed E-state index contributed by atoms with van der Waals surface area (Å²) in [7, 11) is 0. The van der Waals surface area contributed by atoms with Crippen LogP contribution in [0.1, 0.15) is 12.8 Å². The van der Waals surface area contributed by atoms with Crippen LogP contribution in [0.5, 0.6) is 0 Å². The minimum absolute atomic E-state index is 0.0210. The van der Waals surface area contributed by atoms with Crippen molar-refractivity contribution in [3.63, 3.8) is 0 Å². The molecule has 1 heterocycles. The molecule has 1 amide bonds. The first-order valence-corrected chi connectivity index (χ1v) is 9.21. The molecule has 146 valence electrons. The molecule has 0 atom stereocenters. The second-order valence-electron chi connectivity index (χ2n) is 5.10. The van der Waals surface area contributed by atoms with Crippen molar-refractivity contribution in [2.24, 2.45) is 0 Å². The first-order chi connectivity index (χ1) is 12.7. The van der Waals surface area contributed by atoms with Crippen LogP contribution in [0, 0.1) is 16.7 Å². The Labute approximate surface area is 163 Å². The highest BCUT2D eigenvalue weighted by Gasteiger charge is 2.26. The van der Waals surface area contributed by atoms with E-state index in [2.05, 4.69) is 10.3 Å². The van der Waals surface area contributed by atoms with Gasteiger partial charge < -0.3 is 5.32 Å². The minimum atomic E-state index is -4.23. The van der Waals surface area contributed by atoms with Gasteiger partial charge in [-0.05, 0) is 12.1 Å². The Morgan fingerprint density at radius 1 is 1.48 bits per heavy atom. The summed E-state index contributed by atoms with van der Waals surface area (Å²) < 4.78 is 36.3. The Morgan fingerprint density at radius 2 is 2.22 bits per heavy atom. The maximum Gasteiger partial charge on any atom is 0.389 e. The molecule has 0 aromatic carbocycles. The van der Waals surface area contributed by atoms with Crippen LogP contribution >= 0.6 is 23.4 Å². The average Bonchev–Trinajstić information content (AvgIpc) is 2.60. The van der Waals surface area contributed by atoms with Crippen LogP contribution in [-0.4, -0.2) is 45.2 Å². The fourth-order valence-corrected chi connectivity index (χ4v) is 2.88. The first-order valence-electron chi connectivity index (χ1n) is 7.67. The molecule has 0 aliphatic rings. The van der Waals surface area contributed by atoms with Crippen LogP contribution in [-0.2, 0) is 4.79 Å². The maximum absolute atomic E-state index is 12.4. The zero-order valence-corrected chi connectivity index (χ0v) is 15.7. The van der Waals surface area contributed by atoms with Gasteiger partial charge in [0.15, 0.2) is 0 Å². The van der Waals surface area contributed by atoms with Crippen LogP contribution in [0.15, 0.2) is 36.4 Å². The lowest BCUT2D eigenvalue weighted by molar-refractivity contribution is -0.129. The summed E-state index contributed by atoms with van der Waals surface area (Å²) >= 11 is 6.74. The Hall–Kier alpha value is -2.25. The highest BCUT2D eigenvalue weighted by Crippen LogP contribution is 2.22. The fourth-order valence-electron chi connectivity index (χ4n) is 1.82. The standard InChI is InChI=1S/C16H17ClF3N5OS/c17-15(22)13(11-24-12-2-1-6-23-10-12)25(7-5-21)14(26)3-8-27-9-4-16(18,19)20/h1-2,6,10-11,22,24H,3-4,7-9H2/b13-11+,22-15?. The van der Waals surface area contributed by atoms with Crippen LogP contribution < -0.4 is 5.32 Å². The Kier molecular flexibility index (Phi) is 9.67. The van der Waals surface area contributed by atoms with Gasteiger partial charge in [0.2, 0.25) is 5.91 Å². The van der Waals surface area contributed by atoms with Crippen molar-refractivity contribution in [2.75, 3.05) is 23.4 Å². The lowest BCUT2D eigenvalue weighted by atomic mass is 10.3. The van der Waals surface area contributed by atoms with Gasteiger partial charge in [-0.15, -0.1) is 0 Å². The monoisotopic (exact) mass is 419 g/mol. The van der Waals surface area contributed by atoms with Gasteiger partial charge in [-0.2, -0.15) is 30.2 Å². The number of nitrogens with one attached hydrogen (secondary N) is 2. The summed E-state index contributed by atoms with van der Waals surface area (Å²) in [5, 5.41) is 19.0. The molecule has 1 aromatic rings. The number of aromatic nitrogens is 1. The number of anilines is 1.